The van der Waals surface area contributed by atoms with Crippen LogP contribution in [0, 0.1) is 0 Å². The second kappa shape index (κ2) is 7.06. The number of amides is 1. The predicted molar refractivity (Wildman–Crippen MR) is 95.8 cm³/mol. The first-order chi connectivity index (χ1) is 12.0. The Hall–Kier alpha value is -2.67. The fraction of sp³-hybridized carbons (Fsp3) is 0.222. The molecule has 3 rings (SSSR count). The van der Waals surface area contributed by atoms with Crippen LogP contribution in [0.4, 0.5) is 0 Å². The predicted octanol–water partition coefficient (Wildman–Crippen LogP) is 1.99. The molecule has 1 atom stereocenters. The van der Waals surface area contributed by atoms with Crippen LogP contribution in [0.25, 0.3) is 0 Å². The maximum absolute atomic E-state index is 12.1. The minimum absolute atomic E-state index is 0.0907. The maximum Gasteiger partial charge on any atom is 0.263 e. The molecule has 0 saturated carbocycles. The molecule has 130 valence electrons. The van der Waals surface area contributed by atoms with Crippen LogP contribution in [0.3, 0.4) is 0 Å². The number of hydrogen-bond acceptors (Lipinski definition) is 4. The van der Waals surface area contributed by atoms with Gasteiger partial charge in [0.1, 0.15) is 5.84 Å². The highest BCUT2D eigenvalue weighted by Crippen LogP contribution is 2.22. The minimum Gasteiger partial charge on any atom is -0.350 e. The number of fused-ring (bicyclic) bond motifs is 1. The van der Waals surface area contributed by atoms with Crippen LogP contribution in [0.1, 0.15) is 30.5 Å². The zero-order valence-corrected chi connectivity index (χ0v) is 14.6. The highest BCUT2D eigenvalue weighted by molar-refractivity contribution is 7.90. The number of aliphatic imine (C=N–C) groups is 1. The molecule has 2 aromatic carbocycles. The largest absolute Gasteiger partial charge is 0.350 e. The number of rotatable bonds is 5. The highest BCUT2D eigenvalue weighted by Gasteiger charge is 2.29. The average Bonchev–Trinajstić information content (AvgIpc) is 2.87. The van der Waals surface area contributed by atoms with Gasteiger partial charge >= 0.3 is 0 Å². The lowest BCUT2D eigenvalue weighted by molar-refractivity contribution is -0.121. The number of nitrogens with one attached hydrogen (secondary N) is 2. The Morgan fingerprint density at radius 2 is 1.80 bits per heavy atom. The zero-order valence-electron chi connectivity index (χ0n) is 13.8. The molecule has 0 aromatic heterocycles. The standard InChI is InChI=1S/C18H19N3O3S/c1-13(14-7-3-2-4-8-14)20-17(22)11-12-19-18-15-9-5-6-10-16(15)25(23,24)21-18/h2-10,13H,11-12H2,1H3,(H,19,21)(H,20,22). The van der Waals surface area contributed by atoms with E-state index in [0.29, 0.717) is 11.4 Å². The molecule has 2 aromatic rings. The topological polar surface area (TPSA) is 87.6 Å². The molecule has 25 heavy (non-hydrogen) atoms. The first-order valence-corrected chi connectivity index (χ1v) is 9.46. The van der Waals surface area contributed by atoms with Gasteiger partial charge in [-0.3, -0.25) is 14.5 Å². The summed E-state index contributed by atoms with van der Waals surface area (Å²) in [7, 11) is -3.54. The summed E-state index contributed by atoms with van der Waals surface area (Å²) >= 11 is 0. The van der Waals surface area contributed by atoms with Crippen LogP contribution in [0.15, 0.2) is 64.5 Å². The van der Waals surface area contributed by atoms with E-state index in [-0.39, 0.29) is 29.8 Å². The summed E-state index contributed by atoms with van der Waals surface area (Å²) in [4.78, 5) is 16.5. The Labute approximate surface area is 147 Å². The molecule has 0 fully saturated rings. The Balaban J connectivity index is 1.60. The van der Waals surface area contributed by atoms with Crippen molar-refractivity contribution in [1.29, 1.82) is 0 Å². The lowest BCUT2D eigenvalue weighted by Gasteiger charge is -2.13. The normalized spacial score (nSPS) is 17.6. The van der Waals surface area contributed by atoms with E-state index in [2.05, 4.69) is 15.0 Å². The van der Waals surface area contributed by atoms with E-state index in [4.69, 9.17) is 0 Å². The van der Waals surface area contributed by atoms with Gasteiger partial charge in [0.15, 0.2) is 0 Å². The Bertz CT molecular complexity index is 908. The monoisotopic (exact) mass is 357 g/mol. The lowest BCUT2D eigenvalue weighted by Crippen LogP contribution is -2.27. The van der Waals surface area contributed by atoms with E-state index in [9.17, 15) is 13.2 Å². The van der Waals surface area contributed by atoms with E-state index >= 15 is 0 Å². The summed E-state index contributed by atoms with van der Waals surface area (Å²) in [6, 6.07) is 16.2. The van der Waals surface area contributed by atoms with Gasteiger partial charge in [-0.25, -0.2) is 8.42 Å². The van der Waals surface area contributed by atoms with Gasteiger partial charge in [0.2, 0.25) is 5.91 Å². The van der Waals surface area contributed by atoms with Crippen molar-refractivity contribution < 1.29 is 13.2 Å². The molecule has 1 aliphatic heterocycles. The second-order valence-corrected chi connectivity index (χ2v) is 7.43. The van der Waals surface area contributed by atoms with Crippen LogP contribution in [-0.4, -0.2) is 26.7 Å². The number of carbonyl (C=O) groups is 1. The number of sulfonamides is 1. The lowest BCUT2D eigenvalue weighted by atomic mass is 10.1. The van der Waals surface area contributed by atoms with Crippen molar-refractivity contribution in [1.82, 2.24) is 10.0 Å². The molecule has 0 saturated heterocycles. The quantitative estimate of drug-likeness (QED) is 0.858. The summed E-state index contributed by atoms with van der Waals surface area (Å²) in [6.45, 7) is 2.13. The molecule has 0 aliphatic carbocycles. The van der Waals surface area contributed by atoms with E-state index < -0.39 is 10.0 Å². The van der Waals surface area contributed by atoms with Gasteiger partial charge in [-0.15, -0.1) is 0 Å². The third kappa shape index (κ3) is 3.88. The molecule has 2 N–H and O–H groups in total. The smallest absolute Gasteiger partial charge is 0.263 e. The number of nitrogens with zero attached hydrogens (tertiary/aromatic N) is 1. The van der Waals surface area contributed by atoms with Crippen molar-refractivity contribution in [2.24, 2.45) is 4.99 Å². The minimum atomic E-state index is -3.54. The van der Waals surface area contributed by atoms with E-state index in [0.717, 1.165) is 5.56 Å². The van der Waals surface area contributed by atoms with Gasteiger partial charge in [0.25, 0.3) is 10.0 Å². The van der Waals surface area contributed by atoms with E-state index in [1.807, 2.05) is 37.3 Å². The third-order valence-corrected chi connectivity index (χ3v) is 5.35. The number of hydrogen-bond donors (Lipinski definition) is 2. The van der Waals surface area contributed by atoms with E-state index in [1.54, 1.807) is 18.2 Å². The molecule has 1 aliphatic rings. The Morgan fingerprint density at radius 1 is 1.12 bits per heavy atom. The summed E-state index contributed by atoms with van der Waals surface area (Å²) in [5, 5.41) is 2.91. The first kappa shape index (κ1) is 17.2. The summed E-state index contributed by atoms with van der Waals surface area (Å²) in [5.41, 5.74) is 1.57. The molecule has 1 unspecified atom stereocenters. The van der Waals surface area contributed by atoms with Gasteiger partial charge < -0.3 is 5.32 Å². The molecule has 0 bridgehead atoms. The van der Waals surface area contributed by atoms with Crippen molar-refractivity contribution in [3.05, 3.63) is 65.7 Å². The van der Waals surface area contributed by atoms with Crippen molar-refractivity contribution in [2.45, 2.75) is 24.3 Å². The van der Waals surface area contributed by atoms with Crippen molar-refractivity contribution >= 4 is 21.8 Å². The van der Waals surface area contributed by atoms with Gasteiger partial charge in [-0.2, -0.15) is 0 Å². The first-order valence-electron chi connectivity index (χ1n) is 7.98. The molecule has 0 spiro atoms. The fourth-order valence-corrected chi connectivity index (χ4v) is 3.91. The Kier molecular flexibility index (Phi) is 4.85. The molecule has 6 nitrogen and oxygen atoms in total. The van der Waals surface area contributed by atoms with Crippen LogP contribution in [-0.2, 0) is 14.8 Å². The van der Waals surface area contributed by atoms with Crippen LogP contribution >= 0.6 is 0 Å². The van der Waals surface area contributed by atoms with Crippen molar-refractivity contribution in [3.63, 3.8) is 0 Å². The molecular formula is C18H19N3O3S. The van der Waals surface area contributed by atoms with Gasteiger partial charge in [-0.1, -0.05) is 42.5 Å². The molecule has 1 heterocycles. The molecular weight excluding hydrogens is 338 g/mol. The van der Waals surface area contributed by atoms with Gasteiger partial charge in [-0.05, 0) is 24.6 Å². The van der Waals surface area contributed by atoms with Gasteiger partial charge in [0, 0.05) is 12.0 Å². The van der Waals surface area contributed by atoms with Gasteiger partial charge in [0.05, 0.1) is 17.5 Å². The maximum atomic E-state index is 12.1. The number of benzene rings is 2. The highest BCUT2D eigenvalue weighted by atomic mass is 32.2. The molecule has 7 heteroatoms. The summed E-state index contributed by atoms with van der Waals surface area (Å²) < 4.78 is 26.4. The number of carbonyl (C=O) groups excluding carboxylic acids is 1. The average molecular weight is 357 g/mol. The number of amidine groups is 1. The molecule has 0 radical (unpaired) electrons. The van der Waals surface area contributed by atoms with Crippen molar-refractivity contribution in [2.75, 3.05) is 6.54 Å². The third-order valence-electron chi connectivity index (χ3n) is 3.95. The van der Waals surface area contributed by atoms with Crippen LogP contribution < -0.4 is 10.0 Å². The van der Waals surface area contributed by atoms with E-state index in [1.165, 1.54) is 6.07 Å². The SMILES string of the molecule is CC(NC(=O)CCN=C1NS(=O)(=O)c2ccccc21)c1ccccc1. The molecule has 1 amide bonds. The summed E-state index contributed by atoms with van der Waals surface area (Å²) in [6.07, 6.45) is 0.185. The van der Waals surface area contributed by atoms with Crippen molar-refractivity contribution in [3.8, 4) is 0 Å². The summed E-state index contributed by atoms with van der Waals surface area (Å²) in [5.74, 6) is 0.161. The Morgan fingerprint density at radius 3 is 2.56 bits per heavy atom. The van der Waals surface area contributed by atoms with Crippen LogP contribution in [0.2, 0.25) is 0 Å². The fourth-order valence-electron chi connectivity index (χ4n) is 2.66. The zero-order chi connectivity index (χ0) is 17.9. The second-order valence-electron chi connectivity index (χ2n) is 5.78. The van der Waals surface area contributed by atoms with Crippen LogP contribution in [0.5, 0.6) is 0 Å².